The molecule has 1 amide bonds. The van der Waals surface area contributed by atoms with Gasteiger partial charge in [0.25, 0.3) is 0 Å². The molecule has 0 saturated heterocycles. The molecule has 2 rings (SSSR count). The van der Waals surface area contributed by atoms with Crippen molar-refractivity contribution in [2.45, 2.75) is 31.3 Å². The molecule has 0 radical (unpaired) electrons. The highest BCUT2D eigenvalue weighted by atomic mass is 32.2. The minimum atomic E-state index is -1.39. The molecule has 1 N–H and O–H groups in total. The Morgan fingerprint density at radius 2 is 2.09 bits per heavy atom. The lowest BCUT2D eigenvalue weighted by Gasteiger charge is -2.10. The molecule has 0 aliphatic rings. The highest BCUT2D eigenvalue weighted by Crippen LogP contribution is 2.20. The van der Waals surface area contributed by atoms with Crippen molar-refractivity contribution in [1.29, 1.82) is 0 Å². The van der Waals surface area contributed by atoms with Gasteiger partial charge in [0.1, 0.15) is 17.3 Å². The summed E-state index contributed by atoms with van der Waals surface area (Å²) in [5.74, 6) is -0.105. The second-order valence-corrected chi connectivity index (χ2v) is 6.87. The minimum Gasteiger partial charge on any atom is -0.444 e. The molecule has 7 heteroatoms. The number of hydrogen-bond donors (Lipinski definition) is 1. The summed E-state index contributed by atoms with van der Waals surface area (Å²) in [5, 5.41) is 2.11. The van der Waals surface area contributed by atoms with Crippen LogP contribution in [0.15, 0.2) is 34.9 Å². The van der Waals surface area contributed by atoms with Crippen LogP contribution in [0.1, 0.15) is 26.0 Å². The number of oxazole rings is 1. The number of aromatic nitrogens is 1. The Balaban J connectivity index is 1.99. The van der Waals surface area contributed by atoms with Gasteiger partial charge >= 0.3 is 0 Å². The topological polar surface area (TPSA) is 72.2 Å². The molecule has 23 heavy (non-hydrogen) atoms. The molecular formula is C16H19FN2O3S. The van der Waals surface area contributed by atoms with Crippen LogP contribution >= 0.6 is 0 Å². The fourth-order valence-corrected chi connectivity index (χ4v) is 2.88. The Morgan fingerprint density at radius 3 is 2.74 bits per heavy atom. The molecule has 2 unspecified atom stereocenters. The van der Waals surface area contributed by atoms with Gasteiger partial charge in [-0.2, -0.15) is 0 Å². The molecule has 5 nitrogen and oxygen atoms in total. The van der Waals surface area contributed by atoms with Crippen LogP contribution < -0.4 is 5.32 Å². The van der Waals surface area contributed by atoms with Crippen molar-refractivity contribution in [3.63, 3.8) is 0 Å². The van der Waals surface area contributed by atoms with Crippen molar-refractivity contribution in [2.75, 3.05) is 6.54 Å². The number of nitrogens with one attached hydrogen (secondary N) is 1. The maximum atomic E-state index is 12.9. The molecule has 0 spiro atoms. The number of benzene rings is 1. The first kappa shape index (κ1) is 17.3. The van der Waals surface area contributed by atoms with Crippen molar-refractivity contribution >= 4 is 16.7 Å². The Morgan fingerprint density at radius 1 is 1.39 bits per heavy atom. The van der Waals surface area contributed by atoms with E-state index in [-0.39, 0.29) is 17.5 Å². The third kappa shape index (κ3) is 4.72. The van der Waals surface area contributed by atoms with E-state index in [1.54, 1.807) is 19.1 Å². The van der Waals surface area contributed by atoms with Gasteiger partial charge in [-0.25, -0.2) is 9.37 Å². The largest absolute Gasteiger partial charge is 0.444 e. The Bertz CT molecular complexity index is 685. The maximum absolute atomic E-state index is 12.9. The van der Waals surface area contributed by atoms with Gasteiger partial charge < -0.3 is 9.73 Å². The Kier molecular flexibility index (Phi) is 6.04. The number of carbonyl (C=O) groups excluding carboxylic acids is 1. The summed E-state index contributed by atoms with van der Waals surface area (Å²) in [4.78, 5) is 16.0. The molecule has 0 saturated carbocycles. The van der Waals surface area contributed by atoms with Crippen LogP contribution in [0.2, 0.25) is 0 Å². The van der Waals surface area contributed by atoms with E-state index in [0.29, 0.717) is 23.7 Å². The third-order valence-electron chi connectivity index (χ3n) is 3.25. The zero-order chi connectivity index (χ0) is 16.8. The van der Waals surface area contributed by atoms with Crippen LogP contribution in [0, 0.1) is 5.82 Å². The van der Waals surface area contributed by atoms with Crippen molar-refractivity contribution < 1.29 is 17.8 Å². The van der Waals surface area contributed by atoms with Crippen LogP contribution in [-0.4, -0.2) is 26.9 Å². The van der Waals surface area contributed by atoms with Gasteiger partial charge in [-0.05, 0) is 37.6 Å². The Labute approximate surface area is 136 Å². The molecule has 0 bridgehead atoms. The predicted molar refractivity (Wildman–Crippen MR) is 86.5 cm³/mol. The van der Waals surface area contributed by atoms with Crippen LogP contribution in [0.5, 0.6) is 0 Å². The smallest absolute Gasteiger partial charge is 0.235 e. The number of halogens is 1. The number of hydrogen-bond acceptors (Lipinski definition) is 4. The quantitative estimate of drug-likeness (QED) is 0.842. The number of amides is 1. The second-order valence-electron chi connectivity index (χ2n) is 5.11. The van der Waals surface area contributed by atoms with Crippen LogP contribution in [0.25, 0.3) is 11.5 Å². The zero-order valence-corrected chi connectivity index (χ0v) is 13.9. The fraction of sp³-hybridized carbons (Fsp3) is 0.375. The summed E-state index contributed by atoms with van der Waals surface area (Å²) in [7, 11) is -1.39. The van der Waals surface area contributed by atoms with Gasteiger partial charge in [0, 0.05) is 22.9 Å². The minimum absolute atomic E-state index is 0.130. The third-order valence-corrected chi connectivity index (χ3v) is 4.83. The summed E-state index contributed by atoms with van der Waals surface area (Å²) in [6.07, 6.45) is 2.24. The normalized spacial score (nSPS) is 13.5. The SMILES string of the molecule is CCCNC(=O)C(C)S(=O)Cc1coc(-c2ccc(F)cc2)n1. The first-order valence-electron chi connectivity index (χ1n) is 7.36. The molecule has 0 fully saturated rings. The van der Waals surface area contributed by atoms with Gasteiger partial charge in [-0.1, -0.05) is 6.92 Å². The van der Waals surface area contributed by atoms with E-state index < -0.39 is 16.0 Å². The summed E-state index contributed by atoms with van der Waals surface area (Å²) in [5.41, 5.74) is 1.13. The van der Waals surface area contributed by atoms with Gasteiger partial charge in [0.05, 0.1) is 11.4 Å². The molecule has 2 aromatic rings. The van der Waals surface area contributed by atoms with Crippen molar-refractivity contribution in [2.24, 2.45) is 0 Å². The van der Waals surface area contributed by atoms with Crippen LogP contribution in [0.4, 0.5) is 4.39 Å². The van der Waals surface area contributed by atoms with E-state index >= 15 is 0 Å². The lowest BCUT2D eigenvalue weighted by Crippen LogP contribution is -2.36. The lowest BCUT2D eigenvalue weighted by atomic mass is 10.2. The highest BCUT2D eigenvalue weighted by molar-refractivity contribution is 7.85. The van der Waals surface area contributed by atoms with Crippen LogP contribution in [-0.2, 0) is 21.3 Å². The second kappa shape index (κ2) is 8.01. The fourth-order valence-electron chi connectivity index (χ4n) is 1.88. The van der Waals surface area contributed by atoms with E-state index in [4.69, 9.17) is 4.42 Å². The molecule has 1 heterocycles. The molecule has 1 aromatic carbocycles. The molecule has 1 aromatic heterocycles. The van der Waals surface area contributed by atoms with Crippen LogP contribution in [0.3, 0.4) is 0 Å². The number of rotatable bonds is 7. The zero-order valence-electron chi connectivity index (χ0n) is 13.0. The van der Waals surface area contributed by atoms with E-state index in [1.165, 1.54) is 18.4 Å². The average Bonchev–Trinajstić information content (AvgIpc) is 3.00. The monoisotopic (exact) mass is 338 g/mol. The van der Waals surface area contributed by atoms with Gasteiger partial charge in [-0.3, -0.25) is 9.00 Å². The summed E-state index contributed by atoms with van der Waals surface area (Å²) < 4.78 is 30.5. The van der Waals surface area contributed by atoms with Gasteiger partial charge in [0.2, 0.25) is 11.8 Å². The standard InChI is InChI=1S/C16H19FN2O3S/c1-3-8-18-15(20)11(2)23(21)10-14-9-22-16(19-14)12-4-6-13(17)7-5-12/h4-7,9,11H,3,8,10H2,1-2H3,(H,18,20). The highest BCUT2D eigenvalue weighted by Gasteiger charge is 2.21. The van der Waals surface area contributed by atoms with E-state index in [2.05, 4.69) is 10.3 Å². The van der Waals surface area contributed by atoms with Gasteiger partial charge in [-0.15, -0.1) is 0 Å². The first-order valence-corrected chi connectivity index (χ1v) is 8.74. The summed E-state index contributed by atoms with van der Waals surface area (Å²) >= 11 is 0. The number of nitrogens with zero attached hydrogens (tertiary/aromatic N) is 1. The summed E-state index contributed by atoms with van der Waals surface area (Å²) in [6, 6.07) is 5.75. The summed E-state index contributed by atoms with van der Waals surface area (Å²) in [6.45, 7) is 4.15. The van der Waals surface area contributed by atoms with Crippen molar-refractivity contribution in [3.8, 4) is 11.5 Å². The molecule has 0 aliphatic heterocycles. The molecule has 0 aliphatic carbocycles. The first-order chi connectivity index (χ1) is 11.0. The van der Waals surface area contributed by atoms with E-state index in [9.17, 15) is 13.4 Å². The number of carbonyl (C=O) groups is 1. The molecule has 124 valence electrons. The molecule has 2 atom stereocenters. The maximum Gasteiger partial charge on any atom is 0.235 e. The van der Waals surface area contributed by atoms with Crippen molar-refractivity contribution in [1.82, 2.24) is 10.3 Å². The lowest BCUT2D eigenvalue weighted by molar-refractivity contribution is -0.120. The predicted octanol–water partition coefficient (Wildman–Crippen LogP) is 2.64. The average molecular weight is 338 g/mol. The Hall–Kier alpha value is -2.02. The van der Waals surface area contributed by atoms with E-state index in [1.807, 2.05) is 6.92 Å². The van der Waals surface area contributed by atoms with E-state index in [0.717, 1.165) is 6.42 Å². The molecular weight excluding hydrogens is 319 g/mol. The van der Waals surface area contributed by atoms with Gasteiger partial charge in [0.15, 0.2) is 0 Å². The van der Waals surface area contributed by atoms with Crippen molar-refractivity contribution in [3.05, 3.63) is 42.0 Å².